The second kappa shape index (κ2) is 5.92. The summed E-state index contributed by atoms with van der Waals surface area (Å²) in [7, 11) is 1.73. The van der Waals surface area contributed by atoms with E-state index in [0.717, 1.165) is 31.7 Å². The fraction of sp³-hybridized carbons (Fsp3) is 0.600. The number of anilines is 1. The van der Waals surface area contributed by atoms with E-state index in [1.807, 2.05) is 6.07 Å². The van der Waals surface area contributed by atoms with Crippen LogP contribution >= 0.6 is 0 Å². The molecule has 0 spiro atoms. The van der Waals surface area contributed by atoms with Gasteiger partial charge >= 0.3 is 6.18 Å². The first-order chi connectivity index (χ1) is 9.84. The van der Waals surface area contributed by atoms with E-state index in [-0.39, 0.29) is 17.4 Å². The summed E-state index contributed by atoms with van der Waals surface area (Å²) in [5, 5.41) is 9.13. The molecule has 21 heavy (non-hydrogen) atoms. The number of hydrogen-bond donors (Lipinski definition) is 0. The molecule has 114 valence electrons. The molecule has 6 heteroatoms. The van der Waals surface area contributed by atoms with Crippen molar-refractivity contribution in [3.05, 3.63) is 23.4 Å². The van der Waals surface area contributed by atoms with Crippen LogP contribution in [0.5, 0.6) is 0 Å². The Morgan fingerprint density at radius 1 is 1.29 bits per heavy atom. The van der Waals surface area contributed by atoms with Gasteiger partial charge in [0.15, 0.2) is 0 Å². The molecule has 0 aliphatic heterocycles. The van der Waals surface area contributed by atoms with Gasteiger partial charge in [-0.1, -0.05) is 19.8 Å². The number of halogens is 3. The first-order valence-corrected chi connectivity index (χ1v) is 7.05. The fourth-order valence-corrected chi connectivity index (χ4v) is 2.99. The number of nitrogens with zero attached hydrogens (tertiary/aromatic N) is 3. The third kappa shape index (κ3) is 3.29. The van der Waals surface area contributed by atoms with Crippen molar-refractivity contribution < 1.29 is 13.2 Å². The molecule has 1 saturated carbocycles. The Bertz CT molecular complexity index is 548. The average Bonchev–Trinajstić information content (AvgIpc) is 2.45. The average molecular weight is 297 g/mol. The summed E-state index contributed by atoms with van der Waals surface area (Å²) in [5.74, 6) is 0.512. The van der Waals surface area contributed by atoms with Crippen molar-refractivity contribution in [2.24, 2.45) is 5.92 Å². The standard InChI is InChI=1S/C15H18F3N3/c1-10-5-3-4-6-12(10)21(2)14-11(9-19)7-8-13(20-14)15(16,17)18/h7-8,10,12H,3-6H2,1-2H3. The molecule has 2 rings (SSSR count). The molecule has 0 bridgehead atoms. The van der Waals surface area contributed by atoms with E-state index in [0.29, 0.717) is 5.92 Å². The highest BCUT2D eigenvalue weighted by atomic mass is 19.4. The highest BCUT2D eigenvalue weighted by molar-refractivity contribution is 5.55. The normalized spacial score (nSPS) is 22.7. The Morgan fingerprint density at radius 3 is 2.52 bits per heavy atom. The van der Waals surface area contributed by atoms with E-state index in [1.165, 1.54) is 6.07 Å². The van der Waals surface area contributed by atoms with Crippen molar-refractivity contribution in [2.45, 2.75) is 44.8 Å². The van der Waals surface area contributed by atoms with Crippen LogP contribution in [0.4, 0.5) is 19.0 Å². The summed E-state index contributed by atoms with van der Waals surface area (Å²) in [6, 6.07) is 4.13. The van der Waals surface area contributed by atoms with Crippen LogP contribution in [-0.4, -0.2) is 18.1 Å². The zero-order valence-corrected chi connectivity index (χ0v) is 12.1. The van der Waals surface area contributed by atoms with Gasteiger partial charge in [0.2, 0.25) is 0 Å². The second-order valence-corrected chi connectivity index (χ2v) is 5.62. The molecule has 0 saturated heterocycles. The number of alkyl halides is 3. The molecule has 0 N–H and O–H groups in total. The van der Waals surface area contributed by atoms with Crippen molar-refractivity contribution in [1.29, 1.82) is 5.26 Å². The lowest BCUT2D eigenvalue weighted by Gasteiger charge is -2.37. The highest BCUT2D eigenvalue weighted by Crippen LogP contribution is 2.34. The first kappa shape index (κ1) is 15.6. The van der Waals surface area contributed by atoms with Crippen LogP contribution in [-0.2, 0) is 6.18 Å². The molecule has 2 unspecified atom stereocenters. The topological polar surface area (TPSA) is 39.9 Å². The van der Waals surface area contributed by atoms with Crippen molar-refractivity contribution >= 4 is 5.82 Å². The predicted octanol–water partition coefficient (Wildman–Crippen LogP) is 3.99. The van der Waals surface area contributed by atoms with Crippen LogP contribution in [0.3, 0.4) is 0 Å². The summed E-state index contributed by atoms with van der Waals surface area (Å²) < 4.78 is 38.5. The van der Waals surface area contributed by atoms with Crippen LogP contribution in [0.25, 0.3) is 0 Å². The number of pyridine rings is 1. The Labute approximate surface area is 122 Å². The number of rotatable bonds is 2. The maximum atomic E-state index is 12.8. The lowest BCUT2D eigenvalue weighted by Crippen LogP contribution is -2.40. The summed E-state index contributed by atoms with van der Waals surface area (Å²) in [6.45, 7) is 2.10. The summed E-state index contributed by atoms with van der Waals surface area (Å²) in [4.78, 5) is 5.45. The van der Waals surface area contributed by atoms with Gasteiger partial charge in [0.1, 0.15) is 17.6 Å². The van der Waals surface area contributed by atoms with Crippen LogP contribution in [0.1, 0.15) is 43.9 Å². The van der Waals surface area contributed by atoms with Crippen molar-refractivity contribution in [2.75, 3.05) is 11.9 Å². The van der Waals surface area contributed by atoms with Crippen molar-refractivity contribution in [3.8, 4) is 6.07 Å². The molecule has 1 aromatic heterocycles. The first-order valence-electron chi connectivity index (χ1n) is 7.05. The van der Waals surface area contributed by atoms with Gasteiger partial charge in [0, 0.05) is 13.1 Å². The van der Waals surface area contributed by atoms with Crippen molar-refractivity contribution in [3.63, 3.8) is 0 Å². The van der Waals surface area contributed by atoms with Crippen LogP contribution in [0, 0.1) is 17.2 Å². The minimum atomic E-state index is -4.50. The smallest absolute Gasteiger partial charge is 0.355 e. The van der Waals surface area contributed by atoms with E-state index in [9.17, 15) is 13.2 Å². The largest absolute Gasteiger partial charge is 0.433 e. The Balaban J connectivity index is 2.38. The fourth-order valence-electron chi connectivity index (χ4n) is 2.99. The van der Waals surface area contributed by atoms with Gasteiger partial charge < -0.3 is 4.90 Å². The summed E-state index contributed by atoms with van der Waals surface area (Å²) in [5.41, 5.74) is -0.768. The van der Waals surface area contributed by atoms with Crippen LogP contribution < -0.4 is 4.90 Å². The predicted molar refractivity (Wildman–Crippen MR) is 73.8 cm³/mol. The van der Waals surface area contributed by atoms with E-state index in [1.54, 1.807) is 11.9 Å². The van der Waals surface area contributed by atoms with Crippen LogP contribution in [0.2, 0.25) is 0 Å². The molecular formula is C15H18F3N3. The Kier molecular flexibility index (Phi) is 4.40. The van der Waals surface area contributed by atoms with Gasteiger partial charge in [0.05, 0.1) is 5.56 Å². The molecule has 1 heterocycles. The monoisotopic (exact) mass is 297 g/mol. The molecule has 1 aliphatic carbocycles. The van der Waals surface area contributed by atoms with Gasteiger partial charge in [-0.3, -0.25) is 0 Å². The maximum absolute atomic E-state index is 12.8. The highest BCUT2D eigenvalue weighted by Gasteiger charge is 2.34. The molecule has 0 radical (unpaired) electrons. The van der Waals surface area contributed by atoms with E-state index in [4.69, 9.17) is 5.26 Å². The van der Waals surface area contributed by atoms with E-state index < -0.39 is 11.9 Å². The zero-order valence-electron chi connectivity index (χ0n) is 12.1. The second-order valence-electron chi connectivity index (χ2n) is 5.62. The quantitative estimate of drug-likeness (QED) is 0.828. The number of nitriles is 1. The van der Waals surface area contributed by atoms with Gasteiger partial charge in [-0.2, -0.15) is 18.4 Å². The van der Waals surface area contributed by atoms with Gasteiger partial charge in [-0.15, -0.1) is 0 Å². The molecule has 3 nitrogen and oxygen atoms in total. The Morgan fingerprint density at radius 2 is 1.95 bits per heavy atom. The van der Waals surface area contributed by atoms with E-state index >= 15 is 0 Å². The maximum Gasteiger partial charge on any atom is 0.433 e. The molecular weight excluding hydrogens is 279 g/mol. The molecule has 1 aromatic rings. The SMILES string of the molecule is CC1CCCCC1N(C)c1nc(C(F)(F)F)ccc1C#N. The van der Waals surface area contributed by atoms with Crippen LogP contribution in [0.15, 0.2) is 12.1 Å². The number of aromatic nitrogens is 1. The Hall–Kier alpha value is -1.77. The third-order valence-electron chi connectivity index (χ3n) is 4.18. The van der Waals surface area contributed by atoms with Gasteiger partial charge in [0.25, 0.3) is 0 Å². The number of hydrogen-bond acceptors (Lipinski definition) is 3. The van der Waals surface area contributed by atoms with E-state index in [2.05, 4.69) is 11.9 Å². The van der Waals surface area contributed by atoms with Gasteiger partial charge in [-0.25, -0.2) is 4.98 Å². The summed E-state index contributed by atoms with van der Waals surface area (Å²) >= 11 is 0. The molecule has 1 fully saturated rings. The zero-order chi connectivity index (χ0) is 15.6. The molecule has 1 aliphatic rings. The molecule has 0 aromatic carbocycles. The minimum Gasteiger partial charge on any atom is -0.355 e. The summed E-state index contributed by atoms with van der Waals surface area (Å²) in [6.07, 6.45) is -0.328. The third-order valence-corrected chi connectivity index (χ3v) is 4.18. The molecule has 0 amide bonds. The lowest BCUT2D eigenvalue weighted by atomic mass is 9.85. The minimum absolute atomic E-state index is 0.127. The van der Waals surface area contributed by atoms with Crippen molar-refractivity contribution in [1.82, 2.24) is 4.98 Å². The lowest BCUT2D eigenvalue weighted by molar-refractivity contribution is -0.141. The molecule has 2 atom stereocenters. The van der Waals surface area contributed by atoms with Gasteiger partial charge in [-0.05, 0) is 30.9 Å².